The lowest BCUT2D eigenvalue weighted by Gasteiger charge is -2.37. The Bertz CT molecular complexity index is 1610. The van der Waals surface area contributed by atoms with E-state index in [1.165, 1.54) is 34.5 Å². The number of carboxylic acid groups (broad SMARTS) is 1. The van der Waals surface area contributed by atoms with Crippen LogP contribution in [0.2, 0.25) is 5.02 Å². The first-order chi connectivity index (χ1) is 18.9. The highest BCUT2D eigenvalue weighted by Gasteiger charge is 2.42. The quantitative estimate of drug-likeness (QED) is 0.260. The maximum absolute atomic E-state index is 15.2. The van der Waals surface area contributed by atoms with Crippen molar-refractivity contribution in [2.24, 2.45) is 5.92 Å². The summed E-state index contributed by atoms with van der Waals surface area (Å²) in [6, 6.07) is 6.21. The predicted molar refractivity (Wildman–Crippen MR) is 142 cm³/mol. The number of halogens is 5. The average molecular weight is 597 g/mol. The van der Waals surface area contributed by atoms with Crippen LogP contribution in [0.4, 0.5) is 28.9 Å². The molecule has 0 spiro atoms. The standard InChI is InChI=1S/C28H25ClF4N2O4S/c1-34-25(15-5-3-2-4-6-15)14-35(24-11-17(30)10-22(32)27(24)33)23-13-20(29)18(12-26(23)40(34,38)39)16-7-8-21(31)19(9-16)28(36)37/h7-13,15,25H,2-6,14H2,1H3,(H,36,37)/t25-/m0/s1. The van der Waals surface area contributed by atoms with E-state index in [1.54, 1.807) is 0 Å². The molecule has 2 aliphatic rings. The second-order valence-corrected chi connectivity index (χ2v) is 12.5. The Hall–Kier alpha value is -3.15. The van der Waals surface area contributed by atoms with Gasteiger partial charge in [-0.05, 0) is 48.6 Å². The van der Waals surface area contributed by atoms with Crippen molar-refractivity contribution in [3.05, 3.63) is 76.3 Å². The number of benzene rings is 3. The van der Waals surface area contributed by atoms with E-state index < -0.39 is 56.6 Å². The summed E-state index contributed by atoms with van der Waals surface area (Å²) in [4.78, 5) is 12.4. The van der Waals surface area contributed by atoms with Gasteiger partial charge in [0.2, 0.25) is 10.0 Å². The van der Waals surface area contributed by atoms with E-state index in [2.05, 4.69) is 0 Å². The van der Waals surface area contributed by atoms with E-state index in [9.17, 15) is 31.5 Å². The minimum Gasteiger partial charge on any atom is -0.478 e. The van der Waals surface area contributed by atoms with Crippen molar-refractivity contribution in [1.82, 2.24) is 4.31 Å². The fraction of sp³-hybridized carbons (Fsp3) is 0.321. The molecular weight excluding hydrogens is 572 g/mol. The lowest BCUT2D eigenvalue weighted by Crippen LogP contribution is -2.46. The van der Waals surface area contributed by atoms with Gasteiger partial charge in [-0.2, -0.15) is 4.31 Å². The number of sulfonamides is 1. The van der Waals surface area contributed by atoms with Gasteiger partial charge in [-0.15, -0.1) is 0 Å². The minimum atomic E-state index is -4.28. The van der Waals surface area contributed by atoms with Crippen molar-refractivity contribution in [2.45, 2.75) is 43.0 Å². The van der Waals surface area contributed by atoms with Crippen molar-refractivity contribution < 1.29 is 35.9 Å². The van der Waals surface area contributed by atoms with Crippen LogP contribution >= 0.6 is 11.6 Å². The lowest BCUT2D eigenvalue weighted by molar-refractivity contribution is 0.0692. The Morgan fingerprint density at radius 2 is 1.65 bits per heavy atom. The van der Waals surface area contributed by atoms with Crippen LogP contribution in [0.3, 0.4) is 0 Å². The Morgan fingerprint density at radius 1 is 0.950 bits per heavy atom. The van der Waals surface area contributed by atoms with Gasteiger partial charge in [-0.3, -0.25) is 0 Å². The number of hydrogen-bond acceptors (Lipinski definition) is 4. The summed E-state index contributed by atoms with van der Waals surface area (Å²) in [5, 5.41) is 9.30. The Balaban J connectivity index is 1.76. The Morgan fingerprint density at radius 3 is 2.33 bits per heavy atom. The molecule has 0 aromatic heterocycles. The minimum absolute atomic E-state index is 0.0575. The molecule has 0 saturated heterocycles. The summed E-state index contributed by atoms with van der Waals surface area (Å²) in [6.07, 6.45) is 4.24. The van der Waals surface area contributed by atoms with Gasteiger partial charge in [0.15, 0.2) is 11.6 Å². The fourth-order valence-electron chi connectivity index (χ4n) is 5.70. The molecule has 0 radical (unpaired) electrons. The molecule has 1 atom stereocenters. The molecule has 3 aromatic carbocycles. The molecule has 12 heteroatoms. The molecule has 3 aromatic rings. The van der Waals surface area contributed by atoms with Gasteiger partial charge < -0.3 is 10.0 Å². The van der Waals surface area contributed by atoms with E-state index in [0.29, 0.717) is 6.07 Å². The molecule has 0 unspecified atom stereocenters. The van der Waals surface area contributed by atoms with Crippen LogP contribution in [-0.2, 0) is 10.0 Å². The topological polar surface area (TPSA) is 77.9 Å². The first-order valence-electron chi connectivity index (χ1n) is 12.7. The van der Waals surface area contributed by atoms with Crippen molar-refractivity contribution in [3.8, 4) is 11.1 Å². The van der Waals surface area contributed by atoms with Gasteiger partial charge in [-0.1, -0.05) is 36.9 Å². The van der Waals surface area contributed by atoms with Crippen molar-refractivity contribution in [1.29, 1.82) is 0 Å². The number of carbonyl (C=O) groups is 1. The molecular formula is C28H25ClF4N2O4S. The van der Waals surface area contributed by atoms with Crippen molar-refractivity contribution in [2.75, 3.05) is 18.5 Å². The first kappa shape index (κ1) is 28.4. The van der Waals surface area contributed by atoms with Crippen LogP contribution in [0.1, 0.15) is 42.5 Å². The number of anilines is 2. The molecule has 1 N–H and O–H groups in total. The van der Waals surface area contributed by atoms with Gasteiger partial charge >= 0.3 is 5.97 Å². The van der Waals surface area contributed by atoms with E-state index in [1.807, 2.05) is 0 Å². The largest absolute Gasteiger partial charge is 0.478 e. The molecule has 1 aliphatic heterocycles. The van der Waals surface area contributed by atoms with Crippen LogP contribution in [0.25, 0.3) is 11.1 Å². The summed E-state index contributed by atoms with van der Waals surface area (Å²) in [6.45, 7) is -0.0946. The zero-order chi connectivity index (χ0) is 28.9. The summed E-state index contributed by atoms with van der Waals surface area (Å²) in [7, 11) is -2.86. The second kappa shape index (κ2) is 10.7. The maximum atomic E-state index is 15.2. The SMILES string of the molecule is CN1[C@H](C2CCCCC2)CN(c2cc(F)cc(F)c2F)c2cc(Cl)c(-c3ccc(F)c(C(=O)O)c3)cc2S1(=O)=O. The third-order valence-corrected chi connectivity index (χ3v) is 10.0. The highest BCUT2D eigenvalue weighted by molar-refractivity contribution is 7.89. The van der Waals surface area contributed by atoms with Gasteiger partial charge in [0.25, 0.3) is 0 Å². The molecule has 212 valence electrons. The summed E-state index contributed by atoms with van der Waals surface area (Å²) < 4.78 is 87.3. The number of nitrogens with zero attached hydrogens (tertiary/aromatic N) is 2. The molecule has 0 bridgehead atoms. The summed E-state index contributed by atoms with van der Waals surface area (Å²) >= 11 is 6.57. The highest BCUT2D eigenvalue weighted by Crippen LogP contribution is 2.45. The summed E-state index contributed by atoms with van der Waals surface area (Å²) in [5.41, 5.74) is -0.999. The van der Waals surface area contributed by atoms with Crippen molar-refractivity contribution in [3.63, 3.8) is 0 Å². The van der Waals surface area contributed by atoms with E-state index in [4.69, 9.17) is 11.6 Å². The molecule has 1 heterocycles. The van der Waals surface area contributed by atoms with Crippen LogP contribution in [0.5, 0.6) is 0 Å². The molecule has 1 aliphatic carbocycles. The van der Waals surface area contributed by atoms with E-state index >= 15 is 4.39 Å². The highest BCUT2D eigenvalue weighted by atomic mass is 35.5. The number of aromatic carboxylic acids is 1. The van der Waals surface area contributed by atoms with Gasteiger partial charge in [-0.25, -0.2) is 30.8 Å². The lowest BCUT2D eigenvalue weighted by atomic mass is 9.83. The second-order valence-electron chi connectivity index (χ2n) is 10.1. The van der Waals surface area contributed by atoms with Crippen molar-refractivity contribution >= 4 is 39.0 Å². The molecule has 40 heavy (non-hydrogen) atoms. The van der Waals surface area contributed by atoms with Crippen LogP contribution in [0.15, 0.2) is 47.4 Å². The van der Waals surface area contributed by atoms with Crippen LogP contribution in [-0.4, -0.2) is 43.4 Å². The van der Waals surface area contributed by atoms with Crippen LogP contribution < -0.4 is 4.90 Å². The summed E-state index contributed by atoms with van der Waals surface area (Å²) in [5.74, 6) is -6.41. The number of rotatable bonds is 4. The zero-order valence-electron chi connectivity index (χ0n) is 21.3. The number of carboxylic acids is 1. The third-order valence-electron chi connectivity index (χ3n) is 7.80. The maximum Gasteiger partial charge on any atom is 0.338 e. The molecule has 1 fully saturated rings. The molecule has 6 nitrogen and oxygen atoms in total. The third kappa shape index (κ3) is 4.95. The first-order valence-corrected chi connectivity index (χ1v) is 14.5. The molecule has 1 saturated carbocycles. The monoisotopic (exact) mass is 596 g/mol. The Kier molecular flexibility index (Phi) is 7.58. The number of likely N-dealkylation sites (N-methyl/N-ethyl adjacent to an activating group) is 1. The van der Waals surface area contributed by atoms with E-state index in [0.717, 1.165) is 50.3 Å². The predicted octanol–water partition coefficient (Wildman–Crippen LogP) is 6.98. The zero-order valence-corrected chi connectivity index (χ0v) is 22.9. The normalized spacial score (nSPS) is 19.8. The smallest absolute Gasteiger partial charge is 0.338 e. The fourth-order valence-corrected chi connectivity index (χ4v) is 7.58. The van der Waals surface area contributed by atoms with E-state index in [-0.39, 0.29) is 39.2 Å². The van der Waals surface area contributed by atoms with Crippen LogP contribution in [0, 0.1) is 29.2 Å². The Labute approximate surface area is 233 Å². The van der Waals surface area contributed by atoms with Gasteiger partial charge in [0.05, 0.1) is 22.0 Å². The number of fused-ring (bicyclic) bond motifs is 1. The molecule has 5 rings (SSSR count). The average Bonchev–Trinajstić information content (AvgIpc) is 2.99. The molecule has 0 amide bonds. The van der Waals surface area contributed by atoms with Gasteiger partial charge in [0, 0.05) is 37.3 Å². The van der Waals surface area contributed by atoms with Gasteiger partial charge in [0.1, 0.15) is 16.5 Å². The number of hydrogen-bond donors (Lipinski definition) is 1.